The van der Waals surface area contributed by atoms with E-state index in [0.717, 1.165) is 16.7 Å². The summed E-state index contributed by atoms with van der Waals surface area (Å²) in [7, 11) is -2.50. The molecule has 0 fully saturated rings. The number of nitrogens with zero attached hydrogens (tertiary/aromatic N) is 3. The second kappa shape index (κ2) is 7.51. The summed E-state index contributed by atoms with van der Waals surface area (Å²) in [6, 6.07) is 10.4. The van der Waals surface area contributed by atoms with E-state index in [4.69, 9.17) is 9.26 Å². The lowest BCUT2D eigenvalue weighted by atomic mass is 10.1. The second-order valence-electron chi connectivity index (χ2n) is 6.31. The number of methoxy groups -OCH3 is 1. The van der Waals surface area contributed by atoms with E-state index in [2.05, 4.69) is 19.8 Å². The highest BCUT2D eigenvalue weighted by molar-refractivity contribution is 7.92. The van der Waals surface area contributed by atoms with E-state index in [1.165, 1.54) is 13.4 Å². The summed E-state index contributed by atoms with van der Waals surface area (Å²) in [5.74, 6) is 0.369. The zero-order valence-corrected chi connectivity index (χ0v) is 16.6. The van der Waals surface area contributed by atoms with Crippen LogP contribution in [0.2, 0.25) is 0 Å². The fourth-order valence-corrected chi connectivity index (χ4v) is 4.21. The zero-order valence-electron chi connectivity index (χ0n) is 15.8. The van der Waals surface area contributed by atoms with Crippen molar-refractivity contribution in [1.29, 1.82) is 0 Å². The van der Waals surface area contributed by atoms with Gasteiger partial charge in [-0.05, 0) is 41.8 Å². The van der Waals surface area contributed by atoms with E-state index < -0.39 is 10.0 Å². The van der Waals surface area contributed by atoms with Crippen molar-refractivity contribution in [3.05, 3.63) is 60.7 Å². The van der Waals surface area contributed by atoms with E-state index in [1.807, 2.05) is 19.1 Å². The molecule has 0 aliphatic carbocycles. The van der Waals surface area contributed by atoms with Crippen LogP contribution in [0.3, 0.4) is 0 Å². The van der Waals surface area contributed by atoms with Gasteiger partial charge in [-0.25, -0.2) is 18.4 Å². The Bertz CT molecular complexity index is 1270. The molecule has 2 heterocycles. The lowest BCUT2D eigenvalue weighted by Gasteiger charge is -2.11. The van der Waals surface area contributed by atoms with Gasteiger partial charge in [-0.15, -0.1) is 0 Å². The third-order valence-corrected chi connectivity index (χ3v) is 5.88. The molecule has 0 bridgehead atoms. The number of anilines is 1. The molecule has 8 nitrogen and oxygen atoms in total. The smallest absolute Gasteiger partial charge is 0.266 e. The highest BCUT2D eigenvalue weighted by atomic mass is 32.2. The van der Waals surface area contributed by atoms with Crippen LogP contribution in [0.15, 0.2) is 64.5 Å². The van der Waals surface area contributed by atoms with Gasteiger partial charge >= 0.3 is 0 Å². The van der Waals surface area contributed by atoms with Gasteiger partial charge in [0.25, 0.3) is 10.0 Å². The van der Waals surface area contributed by atoms with Crippen LogP contribution < -0.4 is 9.46 Å². The lowest BCUT2D eigenvalue weighted by molar-refractivity contribution is 0.402. The van der Waals surface area contributed by atoms with Crippen molar-refractivity contribution in [2.24, 2.45) is 0 Å². The Kier molecular flexibility index (Phi) is 4.89. The van der Waals surface area contributed by atoms with Crippen molar-refractivity contribution in [3.63, 3.8) is 0 Å². The number of sulfonamides is 1. The molecule has 148 valence electrons. The second-order valence-corrected chi connectivity index (χ2v) is 7.96. The lowest BCUT2D eigenvalue weighted by Crippen LogP contribution is -2.15. The first kappa shape index (κ1) is 18.9. The van der Waals surface area contributed by atoms with Gasteiger partial charge in [0, 0.05) is 18.0 Å². The maximum atomic E-state index is 13.0. The minimum atomic E-state index is -3.93. The molecule has 29 heavy (non-hydrogen) atoms. The minimum Gasteiger partial charge on any atom is -0.495 e. The molecule has 4 rings (SSSR count). The molecule has 2 aromatic carbocycles. The largest absolute Gasteiger partial charge is 0.495 e. The molecule has 0 saturated heterocycles. The SMILES string of the molecule is CCc1ccc(OC)c(S(=O)(=O)Nc2noc3cc(-c4cncnc4)ccc23)c1. The molecular formula is C20H18N4O4S. The summed E-state index contributed by atoms with van der Waals surface area (Å²) in [5, 5.41) is 4.44. The minimum absolute atomic E-state index is 0.0496. The van der Waals surface area contributed by atoms with Gasteiger partial charge < -0.3 is 9.26 Å². The Hall–Kier alpha value is -3.46. The number of aromatic nitrogens is 3. The topological polar surface area (TPSA) is 107 Å². The first-order chi connectivity index (χ1) is 14.0. The van der Waals surface area contributed by atoms with Gasteiger partial charge in [-0.3, -0.25) is 4.72 Å². The average molecular weight is 410 g/mol. The Labute approximate surface area is 167 Å². The van der Waals surface area contributed by atoms with Gasteiger partial charge in [0.05, 0.1) is 12.5 Å². The van der Waals surface area contributed by atoms with Crippen LogP contribution >= 0.6 is 0 Å². The molecule has 0 aliphatic heterocycles. The Balaban J connectivity index is 1.71. The number of rotatable bonds is 6. The number of fused-ring (bicyclic) bond motifs is 1. The molecule has 0 atom stereocenters. The Morgan fingerprint density at radius 2 is 1.86 bits per heavy atom. The van der Waals surface area contributed by atoms with Crippen molar-refractivity contribution >= 4 is 26.8 Å². The summed E-state index contributed by atoms with van der Waals surface area (Å²) >= 11 is 0. The summed E-state index contributed by atoms with van der Waals surface area (Å²) < 4.78 is 39.1. The number of aryl methyl sites for hydroxylation is 1. The van der Waals surface area contributed by atoms with Crippen molar-refractivity contribution in [2.45, 2.75) is 18.2 Å². The summed E-state index contributed by atoms with van der Waals surface area (Å²) in [4.78, 5) is 8.05. The third-order valence-electron chi connectivity index (χ3n) is 4.52. The van der Waals surface area contributed by atoms with E-state index in [9.17, 15) is 8.42 Å². The molecule has 0 spiro atoms. The van der Waals surface area contributed by atoms with E-state index >= 15 is 0 Å². The van der Waals surface area contributed by atoms with Crippen LogP contribution in [-0.2, 0) is 16.4 Å². The van der Waals surface area contributed by atoms with Crippen LogP contribution in [0, 0.1) is 0 Å². The Morgan fingerprint density at radius 3 is 2.59 bits per heavy atom. The standard InChI is InChI=1S/C20H18N4O4S/c1-3-13-4-7-17(27-2)19(8-13)29(25,26)24-20-16-6-5-14(9-18(16)28-23-20)15-10-21-12-22-11-15/h4-12H,3H2,1-2H3,(H,23,24). The monoisotopic (exact) mass is 410 g/mol. The van der Waals surface area contributed by atoms with Crippen LogP contribution in [-0.4, -0.2) is 30.7 Å². The van der Waals surface area contributed by atoms with Crippen LogP contribution in [0.5, 0.6) is 5.75 Å². The van der Waals surface area contributed by atoms with Gasteiger partial charge in [0.15, 0.2) is 11.4 Å². The normalized spacial score (nSPS) is 11.5. The molecule has 1 N–H and O–H groups in total. The molecule has 0 aliphatic rings. The summed E-state index contributed by atoms with van der Waals surface area (Å²) in [6.45, 7) is 1.95. The highest BCUT2D eigenvalue weighted by Crippen LogP contribution is 2.31. The molecule has 0 unspecified atom stereocenters. The number of ether oxygens (including phenoxy) is 1. The first-order valence-corrected chi connectivity index (χ1v) is 10.3. The predicted octanol–water partition coefficient (Wildman–Crippen LogP) is 3.66. The number of hydrogen-bond donors (Lipinski definition) is 1. The van der Waals surface area contributed by atoms with Crippen LogP contribution in [0.25, 0.3) is 22.1 Å². The third kappa shape index (κ3) is 3.64. The summed E-state index contributed by atoms with van der Waals surface area (Å²) in [6.07, 6.45) is 5.51. The van der Waals surface area contributed by atoms with Crippen molar-refractivity contribution < 1.29 is 17.7 Å². The van der Waals surface area contributed by atoms with Gasteiger partial charge in [0.2, 0.25) is 0 Å². The quantitative estimate of drug-likeness (QED) is 0.517. The predicted molar refractivity (Wildman–Crippen MR) is 108 cm³/mol. The summed E-state index contributed by atoms with van der Waals surface area (Å²) in [5.41, 5.74) is 2.97. The number of nitrogens with one attached hydrogen (secondary N) is 1. The van der Waals surface area contributed by atoms with Crippen molar-refractivity contribution in [3.8, 4) is 16.9 Å². The van der Waals surface area contributed by atoms with Crippen LogP contribution in [0.1, 0.15) is 12.5 Å². The molecular weight excluding hydrogens is 392 g/mol. The van der Waals surface area contributed by atoms with Crippen molar-refractivity contribution in [2.75, 3.05) is 11.8 Å². The van der Waals surface area contributed by atoms with E-state index in [1.54, 1.807) is 36.7 Å². The maximum absolute atomic E-state index is 13.0. The van der Waals surface area contributed by atoms with Gasteiger partial charge in [-0.2, -0.15) is 0 Å². The van der Waals surface area contributed by atoms with Crippen LogP contribution in [0.4, 0.5) is 5.82 Å². The fourth-order valence-electron chi connectivity index (χ4n) is 2.97. The van der Waals surface area contributed by atoms with Gasteiger partial charge in [-0.1, -0.05) is 24.2 Å². The molecule has 9 heteroatoms. The molecule has 0 radical (unpaired) electrons. The molecule has 0 amide bonds. The number of hydrogen-bond acceptors (Lipinski definition) is 7. The Morgan fingerprint density at radius 1 is 1.07 bits per heavy atom. The maximum Gasteiger partial charge on any atom is 0.266 e. The molecule has 0 saturated carbocycles. The zero-order chi connectivity index (χ0) is 20.4. The van der Waals surface area contributed by atoms with E-state index in [0.29, 0.717) is 17.4 Å². The van der Waals surface area contributed by atoms with E-state index in [-0.39, 0.29) is 16.5 Å². The highest BCUT2D eigenvalue weighted by Gasteiger charge is 2.23. The van der Waals surface area contributed by atoms with Crippen molar-refractivity contribution in [1.82, 2.24) is 15.1 Å². The molecule has 4 aromatic rings. The fraction of sp³-hybridized carbons (Fsp3) is 0.150. The number of benzene rings is 2. The first-order valence-electron chi connectivity index (χ1n) is 8.86. The molecule has 2 aromatic heterocycles. The van der Waals surface area contributed by atoms with Gasteiger partial charge in [0.1, 0.15) is 17.0 Å². The average Bonchev–Trinajstić information content (AvgIpc) is 3.15.